The van der Waals surface area contributed by atoms with E-state index in [-0.39, 0.29) is 11.9 Å². The molecular weight excluding hydrogens is 344 g/mol. The summed E-state index contributed by atoms with van der Waals surface area (Å²) < 4.78 is 0. The molecule has 6 heteroatoms. The zero-order chi connectivity index (χ0) is 17.9. The highest BCUT2D eigenvalue weighted by molar-refractivity contribution is 7.14. The van der Waals surface area contributed by atoms with Gasteiger partial charge in [0.2, 0.25) is 0 Å². The zero-order valence-electron chi connectivity index (χ0n) is 14.3. The first-order valence-electron chi connectivity index (χ1n) is 8.41. The Morgan fingerprint density at radius 2 is 1.81 bits per heavy atom. The summed E-state index contributed by atoms with van der Waals surface area (Å²) in [6.07, 6.45) is 0.551. The van der Waals surface area contributed by atoms with E-state index in [1.165, 1.54) is 11.3 Å². The number of nitrogens with zero attached hydrogens (tertiary/aromatic N) is 3. The summed E-state index contributed by atoms with van der Waals surface area (Å²) in [7, 11) is 0. The minimum absolute atomic E-state index is 0.00242. The molecule has 1 aliphatic heterocycles. The molecule has 0 fully saturated rings. The average molecular weight is 362 g/mol. The Hall–Kier alpha value is -2.99. The van der Waals surface area contributed by atoms with Gasteiger partial charge in [0.05, 0.1) is 17.4 Å². The van der Waals surface area contributed by atoms with Crippen LogP contribution in [-0.4, -0.2) is 16.6 Å². The first-order valence-corrected chi connectivity index (χ1v) is 9.29. The Bertz CT molecular complexity index is 937. The monoisotopic (exact) mass is 362 g/mol. The molecule has 0 saturated heterocycles. The van der Waals surface area contributed by atoms with E-state index in [1.54, 1.807) is 0 Å². The first-order chi connectivity index (χ1) is 12.7. The van der Waals surface area contributed by atoms with E-state index in [4.69, 9.17) is 0 Å². The third-order valence-electron chi connectivity index (χ3n) is 4.22. The average Bonchev–Trinajstić information content (AvgIpc) is 3.30. The molecule has 1 N–H and O–H groups in total. The second kappa shape index (κ2) is 7.09. The molecule has 1 aromatic heterocycles. The number of para-hydroxylation sites is 1. The van der Waals surface area contributed by atoms with E-state index in [9.17, 15) is 4.79 Å². The summed E-state index contributed by atoms with van der Waals surface area (Å²) in [4.78, 5) is 17.0. The van der Waals surface area contributed by atoms with Gasteiger partial charge in [0.15, 0.2) is 5.13 Å². The molecule has 1 aliphatic rings. The van der Waals surface area contributed by atoms with Gasteiger partial charge in [-0.15, -0.1) is 11.3 Å². The van der Waals surface area contributed by atoms with Crippen LogP contribution >= 0.6 is 11.3 Å². The van der Waals surface area contributed by atoms with Gasteiger partial charge >= 0.3 is 0 Å². The quantitative estimate of drug-likeness (QED) is 0.748. The second-order valence-corrected chi connectivity index (χ2v) is 6.96. The Kier molecular flexibility index (Phi) is 4.50. The Morgan fingerprint density at radius 3 is 2.46 bits per heavy atom. The van der Waals surface area contributed by atoms with Gasteiger partial charge in [0.25, 0.3) is 5.91 Å². The van der Waals surface area contributed by atoms with Crippen LogP contribution in [0.3, 0.4) is 0 Å². The summed E-state index contributed by atoms with van der Waals surface area (Å²) >= 11 is 1.42. The maximum atomic E-state index is 12.7. The normalized spacial score (nSPS) is 16.4. The number of carbonyl (C=O) groups is 1. The molecule has 0 radical (unpaired) electrons. The van der Waals surface area contributed by atoms with Crippen molar-refractivity contribution in [1.82, 2.24) is 4.98 Å². The number of rotatable bonds is 4. The fraction of sp³-hybridized carbons (Fsp3) is 0.150. The lowest BCUT2D eigenvalue weighted by Gasteiger charge is -2.23. The molecule has 1 amide bonds. The molecule has 0 bridgehead atoms. The number of aromatic nitrogens is 1. The number of carbonyl (C=O) groups excluding carboxylic acids is 1. The van der Waals surface area contributed by atoms with Crippen LogP contribution in [-0.2, 0) is 4.79 Å². The van der Waals surface area contributed by atoms with E-state index in [0.29, 0.717) is 17.3 Å². The lowest BCUT2D eigenvalue weighted by atomic mass is 10.0. The molecule has 130 valence electrons. The second-order valence-electron chi connectivity index (χ2n) is 6.11. The number of hydrogen-bond acceptors (Lipinski definition) is 5. The van der Waals surface area contributed by atoms with Crippen LogP contribution in [0.5, 0.6) is 0 Å². The maximum Gasteiger partial charge on any atom is 0.273 e. The molecule has 1 unspecified atom stereocenters. The smallest absolute Gasteiger partial charge is 0.273 e. The summed E-state index contributed by atoms with van der Waals surface area (Å²) in [5, 5.41) is 11.9. The number of benzene rings is 2. The van der Waals surface area contributed by atoms with Gasteiger partial charge in [-0.3, -0.25) is 15.1 Å². The third-order valence-corrected chi connectivity index (χ3v) is 5.09. The first kappa shape index (κ1) is 16.5. The van der Waals surface area contributed by atoms with Crippen LogP contribution in [0.1, 0.15) is 23.7 Å². The lowest BCUT2D eigenvalue weighted by molar-refractivity contribution is -0.110. The molecule has 4 rings (SSSR count). The molecule has 2 heterocycles. The van der Waals surface area contributed by atoms with Gasteiger partial charge in [-0.05, 0) is 24.6 Å². The minimum atomic E-state index is -0.196. The molecule has 0 saturated carbocycles. The van der Waals surface area contributed by atoms with E-state index in [2.05, 4.69) is 27.5 Å². The minimum Gasteiger partial charge on any atom is -0.297 e. The molecular formula is C20H18N4OS. The van der Waals surface area contributed by atoms with E-state index in [1.807, 2.05) is 65.8 Å². The van der Waals surface area contributed by atoms with Gasteiger partial charge in [0, 0.05) is 11.8 Å². The highest BCUT2D eigenvalue weighted by Gasteiger charge is 2.32. The SMILES string of the molecule is Cc1csc(NC(=O)C2=NN(c3ccccc3)C(c3ccccc3)C2)n1. The third kappa shape index (κ3) is 3.36. The molecule has 2 aromatic carbocycles. The predicted molar refractivity (Wildman–Crippen MR) is 106 cm³/mol. The molecule has 3 aromatic rings. The molecule has 0 spiro atoms. The number of hydrogen-bond donors (Lipinski definition) is 1. The summed E-state index contributed by atoms with van der Waals surface area (Å²) in [5.41, 5.74) is 3.50. The zero-order valence-corrected chi connectivity index (χ0v) is 15.1. The van der Waals surface area contributed by atoms with Crippen molar-refractivity contribution in [2.24, 2.45) is 5.10 Å². The van der Waals surface area contributed by atoms with Gasteiger partial charge in [-0.25, -0.2) is 4.98 Å². The highest BCUT2D eigenvalue weighted by atomic mass is 32.1. The summed E-state index contributed by atoms with van der Waals surface area (Å²) in [6, 6.07) is 20.1. The largest absolute Gasteiger partial charge is 0.297 e. The number of nitrogens with one attached hydrogen (secondary N) is 1. The van der Waals surface area contributed by atoms with Gasteiger partial charge in [0.1, 0.15) is 5.71 Å². The van der Waals surface area contributed by atoms with Crippen LogP contribution in [0, 0.1) is 6.92 Å². The maximum absolute atomic E-state index is 12.7. The van der Waals surface area contributed by atoms with Crippen LogP contribution in [0.4, 0.5) is 10.8 Å². The number of aryl methyl sites for hydroxylation is 1. The fourth-order valence-corrected chi connectivity index (χ4v) is 3.66. The topological polar surface area (TPSA) is 57.6 Å². The van der Waals surface area contributed by atoms with Gasteiger partial charge in [-0.1, -0.05) is 48.5 Å². The Balaban J connectivity index is 1.62. The van der Waals surface area contributed by atoms with Gasteiger partial charge < -0.3 is 0 Å². The fourth-order valence-electron chi connectivity index (χ4n) is 2.98. The van der Waals surface area contributed by atoms with E-state index < -0.39 is 0 Å². The number of amides is 1. The predicted octanol–water partition coefficient (Wildman–Crippen LogP) is 4.40. The van der Waals surface area contributed by atoms with Crippen molar-refractivity contribution in [2.45, 2.75) is 19.4 Å². The standard InChI is InChI=1S/C20H18N4OS/c1-14-13-26-20(21-14)22-19(25)17-12-18(15-8-4-2-5-9-15)24(23-17)16-10-6-3-7-11-16/h2-11,13,18H,12H2,1H3,(H,21,22,25). The lowest BCUT2D eigenvalue weighted by Crippen LogP contribution is -2.21. The van der Waals surface area contributed by atoms with Crippen LogP contribution in [0.25, 0.3) is 0 Å². The van der Waals surface area contributed by atoms with Crippen molar-refractivity contribution in [3.8, 4) is 0 Å². The van der Waals surface area contributed by atoms with Crippen molar-refractivity contribution < 1.29 is 4.79 Å². The van der Waals surface area contributed by atoms with Crippen LogP contribution in [0.2, 0.25) is 0 Å². The van der Waals surface area contributed by atoms with Crippen molar-refractivity contribution >= 4 is 33.8 Å². The van der Waals surface area contributed by atoms with Crippen LogP contribution < -0.4 is 10.3 Å². The summed E-state index contributed by atoms with van der Waals surface area (Å²) in [5.74, 6) is -0.196. The van der Waals surface area contributed by atoms with Crippen molar-refractivity contribution in [3.05, 3.63) is 77.3 Å². The van der Waals surface area contributed by atoms with E-state index >= 15 is 0 Å². The van der Waals surface area contributed by atoms with E-state index in [0.717, 1.165) is 16.9 Å². The van der Waals surface area contributed by atoms with Crippen molar-refractivity contribution in [1.29, 1.82) is 0 Å². The van der Waals surface area contributed by atoms with Crippen LogP contribution in [0.15, 0.2) is 71.1 Å². The highest BCUT2D eigenvalue weighted by Crippen LogP contribution is 2.35. The Labute approximate surface area is 156 Å². The number of thiazole rings is 1. The van der Waals surface area contributed by atoms with Crippen molar-refractivity contribution in [2.75, 3.05) is 10.3 Å². The molecule has 26 heavy (non-hydrogen) atoms. The Morgan fingerprint density at radius 1 is 1.12 bits per heavy atom. The molecule has 1 atom stereocenters. The van der Waals surface area contributed by atoms with Gasteiger partial charge in [-0.2, -0.15) is 5.10 Å². The van der Waals surface area contributed by atoms with Crippen molar-refractivity contribution in [3.63, 3.8) is 0 Å². The molecule has 0 aliphatic carbocycles. The molecule has 5 nitrogen and oxygen atoms in total. The number of hydrazone groups is 1. The summed E-state index contributed by atoms with van der Waals surface area (Å²) in [6.45, 7) is 1.90. The number of anilines is 2.